The summed E-state index contributed by atoms with van der Waals surface area (Å²) >= 11 is 10.0. The van der Waals surface area contributed by atoms with Gasteiger partial charge in [0.15, 0.2) is 0 Å². The Morgan fingerprint density at radius 3 is 2.29 bits per heavy atom. The van der Waals surface area contributed by atoms with Gasteiger partial charge in [0.2, 0.25) is 22.8 Å². The van der Waals surface area contributed by atoms with Crippen molar-refractivity contribution in [2.45, 2.75) is 115 Å². The first-order chi connectivity index (χ1) is 21.2. The summed E-state index contributed by atoms with van der Waals surface area (Å²) in [6.45, 7) is 7.58. The third kappa shape index (κ3) is 12.5. The van der Waals surface area contributed by atoms with Gasteiger partial charge in [-0.1, -0.05) is 55.8 Å². The molecule has 4 N–H and O–H groups in total. The molecule has 2 aliphatic rings. The molecule has 0 spiro atoms. The van der Waals surface area contributed by atoms with E-state index in [1.165, 1.54) is 0 Å². The fourth-order valence-corrected chi connectivity index (χ4v) is 6.25. The number of thiol groups is 1. The fourth-order valence-electron chi connectivity index (χ4n) is 5.86. The Hall–Kier alpha value is -2.83. The number of hydrogen-bond acceptors (Lipinski definition) is 7. The number of rotatable bonds is 14. The molecule has 1 saturated carbocycles. The Morgan fingerprint density at radius 2 is 1.69 bits per heavy atom. The zero-order chi connectivity index (χ0) is 33.1. The molecule has 45 heavy (non-hydrogen) atoms. The lowest BCUT2D eigenvalue weighted by atomic mass is 9.84. The van der Waals surface area contributed by atoms with Gasteiger partial charge in [-0.2, -0.15) is 0 Å². The van der Waals surface area contributed by atoms with Crippen LogP contribution in [0.15, 0.2) is 24.3 Å². The third-order valence-electron chi connectivity index (χ3n) is 8.05. The zero-order valence-electron chi connectivity index (χ0n) is 26.5. The van der Waals surface area contributed by atoms with Crippen LogP contribution in [0.3, 0.4) is 0 Å². The van der Waals surface area contributed by atoms with Crippen molar-refractivity contribution in [2.75, 3.05) is 6.54 Å². The van der Waals surface area contributed by atoms with Crippen LogP contribution in [0.1, 0.15) is 84.6 Å². The lowest BCUT2D eigenvalue weighted by Crippen LogP contribution is -2.59. The molecule has 1 aromatic carbocycles. The van der Waals surface area contributed by atoms with Crippen molar-refractivity contribution < 1.29 is 33.4 Å². The Balaban J connectivity index is 1.77. The average molecular weight is 667 g/mol. The van der Waals surface area contributed by atoms with Gasteiger partial charge in [-0.25, -0.2) is 4.79 Å². The number of amides is 4. The summed E-state index contributed by atoms with van der Waals surface area (Å²) in [5.41, 5.74) is 0.0285. The van der Waals surface area contributed by atoms with Crippen molar-refractivity contribution in [3.63, 3.8) is 0 Å². The van der Waals surface area contributed by atoms with Crippen molar-refractivity contribution in [1.82, 2.24) is 21.3 Å². The van der Waals surface area contributed by atoms with E-state index in [2.05, 4.69) is 33.9 Å². The summed E-state index contributed by atoms with van der Waals surface area (Å²) in [5.74, 6) is -1.57. The quantitative estimate of drug-likeness (QED) is 0.188. The first-order valence-electron chi connectivity index (χ1n) is 15.7. The first kappa shape index (κ1) is 36.6. The van der Waals surface area contributed by atoms with Crippen LogP contribution < -0.4 is 21.3 Å². The number of alkyl carbamates (subject to hydrolysis) is 1. The highest BCUT2D eigenvalue weighted by atomic mass is 35.5. The van der Waals surface area contributed by atoms with Crippen LogP contribution in [0.5, 0.6) is 0 Å². The van der Waals surface area contributed by atoms with Crippen LogP contribution in [0.4, 0.5) is 4.79 Å². The number of carbonyl (C=O) groups is 5. The van der Waals surface area contributed by atoms with Gasteiger partial charge in [0.25, 0.3) is 0 Å². The predicted octanol–water partition coefficient (Wildman–Crippen LogP) is 4.06. The van der Waals surface area contributed by atoms with E-state index in [4.69, 9.17) is 21.1 Å². The minimum atomic E-state index is -1.21. The number of carbonyl (C=O) groups excluding carboxylic acids is 5. The van der Waals surface area contributed by atoms with E-state index < -0.39 is 58.8 Å². The van der Waals surface area contributed by atoms with Gasteiger partial charge in [-0.3, -0.25) is 19.2 Å². The molecule has 1 aromatic rings. The summed E-state index contributed by atoms with van der Waals surface area (Å²) < 4.78 is 11.4. The van der Waals surface area contributed by atoms with Gasteiger partial charge in [-0.15, -0.1) is 12.6 Å². The van der Waals surface area contributed by atoms with E-state index in [0.717, 1.165) is 32.1 Å². The Bertz CT molecular complexity index is 1200. The SMILES string of the molecule is C[C@@H](OC(C)(C)C)[C@H](NC(=O)OCc1cccc(Cl)c1)C(=O)N[C@@H](CC1CCCCC1)C(=O)N[C@@H](C[C@@H]1CCNC1=O)C(=O)S. The highest BCUT2D eigenvalue weighted by molar-refractivity contribution is 7.96. The number of halogens is 1. The second-order valence-corrected chi connectivity index (χ2v) is 13.9. The summed E-state index contributed by atoms with van der Waals surface area (Å²) in [6.07, 6.45) is 4.39. The van der Waals surface area contributed by atoms with E-state index in [1.54, 1.807) is 31.2 Å². The van der Waals surface area contributed by atoms with Gasteiger partial charge < -0.3 is 30.7 Å². The second kappa shape index (κ2) is 17.2. The maximum Gasteiger partial charge on any atom is 0.408 e. The van der Waals surface area contributed by atoms with Crippen molar-refractivity contribution in [3.05, 3.63) is 34.9 Å². The summed E-state index contributed by atoms with van der Waals surface area (Å²) in [5, 5.41) is 10.8. The van der Waals surface area contributed by atoms with Crippen LogP contribution in [-0.4, -0.2) is 65.3 Å². The molecule has 1 saturated heterocycles. The molecule has 1 aliphatic carbocycles. The van der Waals surface area contributed by atoms with Crippen molar-refractivity contribution in [2.24, 2.45) is 11.8 Å². The number of hydrogen-bond donors (Lipinski definition) is 5. The number of nitrogens with one attached hydrogen (secondary N) is 4. The smallest absolute Gasteiger partial charge is 0.408 e. The fraction of sp³-hybridized carbons (Fsp3) is 0.656. The highest BCUT2D eigenvalue weighted by Crippen LogP contribution is 2.28. The average Bonchev–Trinajstić information content (AvgIpc) is 3.37. The minimum absolute atomic E-state index is 0.0693. The minimum Gasteiger partial charge on any atom is -0.445 e. The molecular formula is C32H47ClN4O7S. The zero-order valence-corrected chi connectivity index (χ0v) is 28.2. The van der Waals surface area contributed by atoms with Crippen LogP contribution >= 0.6 is 24.2 Å². The monoisotopic (exact) mass is 666 g/mol. The van der Waals surface area contributed by atoms with E-state index >= 15 is 0 Å². The maximum atomic E-state index is 13.8. The topological polar surface area (TPSA) is 152 Å². The molecule has 3 rings (SSSR count). The molecule has 250 valence electrons. The normalized spacial score (nSPS) is 19.9. The molecule has 0 aromatic heterocycles. The van der Waals surface area contributed by atoms with Gasteiger partial charge in [0.05, 0.1) is 17.7 Å². The molecule has 0 radical (unpaired) electrons. The molecule has 1 aliphatic heterocycles. The lowest BCUT2D eigenvalue weighted by molar-refractivity contribution is -0.136. The van der Waals surface area contributed by atoms with Gasteiger partial charge in [0.1, 0.15) is 18.7 Å². The van der Waals surface area contributed by atoms with E-state index in [9.17, 15) is 24.0 Å². The Morgan fingerprint density at radius 1 is 1.00 bits per heavy atom. The highest BCUT2D eigenvalue weighted by Gasteiger charge is 2.36. The molecule has 13 heteroatoms. The molecule has 5 atom stereocenters. The lowest BCUT2D eigenvalue weighted by Gasteiger charge is -2.32. The molecule has 11 nitrogen and oxygen atoms in total. The van der Waals surface area contributed by atoms with Crippen molar-refractivity contribution in [3.8, 4) is 0 Å². The standard InChI is InChI=1S/C32H47ClN4O7S/c1-19(44-32(2,3)4)26(37-31(42)43-18-21-11-8-12-23(33)15-21)29(40)35-24(16-20-9-6-5-7-10-20)28(39)36-25(30(41)45)17-22-13-14-34-27(22)38/h8,11-12,15,19-20,22,24-26H,5-7,9-10,13-14,16-18H2,1-4H3,(H,34,38)(H,35,40)(H,36,39)(H,37,42)(H,41,45)/t19-,22+,24+,25+,26+/m1/s1. The van der Waals surface area contributed by atoms with Crippen LogP contribution in [-0.2, 0) is 35.3 Å². The van der Waals surface area contributed by atoms with Gasteiger partial charge >= 0.3 is 6.09 Å². The van der Waals surface area contributed by atoms with Crippen LogP contribution in [0.2, 0.25) is 5.02 Å². The summed E-state index contributed by atoms with van der Waals surface area (Å²) in [7, 11) is 0. The largest absolute Gasteiger partial charge is 0.445 e. The predicted molar refractivity (Wildman–Crippen MR) is 174 cm³/mol. The second-order valence-electron chi connectivity index (χ2n) is 13.0. The Kier molecular flexibility index (Phi) is 14.0. The van der Waals surface area contributed by atoms with E-state index in [-0.39, 0.29) is 24.9 Å². The van der Waals surface area contributed by atoms with E-state index in [0.29, 0.717) is 30.0 Å². The maximum absolute atomic E-state index is 13.8. The molecule has 0 bridgehead atoms. The van der Waals surface area contributed by atoms with Crippen molar-refractivity contribution in [1.29, 1.82) is 0 Å². The van der Waals surface area contributed by atoms with Crippen LogP contribution in [0, 0.1) is 11.8 Å². The Labute approximate surface area is 276 Å². The molecular weight excluding hydrogens is 620 g/mol. The number of ether oxygens (including phenoxy) is 2. The summed E-state index contributed by atoms with van der Waals surface area (Å²) in [4.78, 5) is 64.9. The molecule has 4 amide bonds. The third-order valence-corrected chi connectivity index (χ3v) is 8.59. The summed E-state index contributed by atoms with van der Waals surface area (Å²) in [6, 6.07) is 3.66. The molecule has 2 fully saturated rings. The first-order valence-corrected chi connectivity index (χ1v) is 16.5. The van der Waals surface area contributed by atoms with E-state index in [1.807, 2.05) is 20.8 Å². The molecule has 1 heterocycles. The van der Waals surface area contributed by atoms with Crippen LogP contribution in [0.25, 0.3) is 0 Å². The molecule has 0 unspecified atom stereocenters. The van der Waals surface area contributed by atoms with Gasteiger partial charge in [-0.05, 0) is 70.6 Å². The van der Waals surface area contributed by atoms with Crippen molar-refractivity contribution >= 4 is 53.2 Å². The number of benzene rings is 1. The van der Waals surface area contributed by atoms with Gasteiger partial charge in [0, 0.05) is 17.5 Å².